The third kappa shape index (κ3) is 4.98. The first kappa shape index (κ1) is 12.0. The molecule has 0 aromatic rings. The lowest BCUT2D eigenvalue weighted by Gasteiger charge is -2.26. The van der Waals surface area contributed by atoms with Gasteiger partial charge in [0.15, 0.2) is 0 Å². The van der Waals surface area contributed by atoms with E-state index in [-0.39, 0.29) is 5.75 Å². The second-order valence-electron chi connectivity index (χ2n) is 3.77. The van der Waals surface area contributed by atoms with Gasteiger partial charge in [0, 0.05) is 17.2 Å². The van der Waals surface area contributed by atoms with Crippen molar-refractivity contribution in [2.75, 3.05) is 25.4 Å². The molecule has 0 atom stereocenters. The first-order chi connectivity index (χ1) is 6.47. The first-order valence-corrected chi connectivity index (χ1v) is 7.26. The van der Waals surface area contributed by atoms with Crippen LogP contribution in [0.25, 0.3) is 0 Å². The summed E-state index contributed by atoms with van der Waals surface area (Å²) in [5.74, 6) is -0.106. The molecule has 1 aliphatic rings. The summed E-state index contributed by atoms with van der Waals surface area (Å²) in [5.41, 5.74) is 0.682. The van der Waals surface area contributed by atoms with Gasteiger partial charge in [-0.25, -0.2) is 8.42 Å². The summed E-state index contributed by atoms with van der Waals surface area (Å²) >= 11 is 0. The molecular weight excluding hydrogens is 222 g/mol. The van der Waals surface area contributed by atoms with Crippen LogP contribution < -0.4 is 0 Å². The van der Waals surface area contributed by atoms with Crippen LogP contribution in [0.4, 0.5) is 0 Å². The van der Waals surface area contributed by atoms with E-state index in [1.807, 2.05) is 0 Å². The third-order valence-electron chi connectivity index (χ3n) is 2.27. The quantitative estimate of drug-likeness (QED) is 0.551. The van der Waals surface area contributed by atoms with Gasteiger partial charge in [0.1, 0.15) is 0 Å². The third-order valence-corrected chi connectivity index (χ3v) is 3.35. The molecule has 0 aliphatic carbocycles. The van der Waals surface area contributed by atoms with E-state index in [0.29, 0.717) is 12.1 Å². The number of rotatable bonds is 4. The van der Waals surface area contributed by atoms with Gasteiger partial charge in [-0.05, 0) is 31.5 Å². The van der Waals surface area contributed by atoms with Gasteiger partial charge in [0.25, 0.3) is 0 Å². The molecule has 0 aromatic heterocycles. The van der Waals surface area contributed by atoms with Crippen molar-refractivity contribution in [1.29, 1.82) is 0 Å². The number of piperidine rings is 1. The molecule has 0 saturated carbocycles. The lowest BCUT2D eigenvalue weighted by molar-refractivity contribution is 0.247. The number of nitrogens with zero attached hydrogens (tertiary/aromatic N) is 1. The molecule has 1 heterocycles. The van der Waals surface area contributed by atoms with Crippen LogP contribution in [0, 0.1) is 0 Å². The second-order valence-corrected chi connectivity index (χ2v) is 6.55. The summed E-state index contributed by atoms with van der Waals surface area (Å²) in [6.45, 7) is 6.47. The Kier molecular flexibility index (Phi) is 4.41. The van der Waals surface area contributed by atoms with E-state index in [0.717, 1.165) is 13.1 Å². The van der Waals surface area contributed by atoms with E-state index in [9.17, 15) is 8.42 Å². The van der Waals surface area contributed by atoms with E-state index in [1.165, 1.54) is 19.3 Å². The van der Waals surface area contributed by atoms with E-state index in [2.05, 4.69) is 11.5 Å². The van der Waals surface area contributed by atoms with Crippen LogP contribution in [-0.2, 0) is 9.05 Å². The number of halogens is 1. The highest BCUT2D eigenvalue weighted by atomic mass is 35.7. The predicted octanol–water partition coefficient (Wildman–Crippen LogP) is 1.60. The Bertz CT molecular complexity index is 294. The smallest absolute Gasteiger partial charge is 0.236 e. The van der Waals surface area contributed by atoms with Gasteiger partial charge >= 0.3 is 0 Å². The summed E-state index contributed by atoms with van der Waals surface area (Å²) in [5, 5.41) is 0. The monoisotopic (exact) mass is 237 g/mol. The summed E-state index contributed by atoms with van der Waals surface area (Å²) in [6.07, 6.45) is 3.67. The van der Waals surface area contributed by atoms with Gasteiger partial charge in [-0.3, -0.25) is 4.90 Å². The van der Waals surface area contributed by atoms with Crippen molar-refractivity contribution >= 4 is 19.7 Å². The fraction of sp³-hybridized carbons (Fsp3) is 0.778. The molecule has 1 fully saturated rings. The van der Waals surface area contributed by atoms with Crippen molar-refractivity contribution in [1.82, 2.24) is 4.90 Å². The van der Waals surface area contributed by atoms with Crippen molar-refractivity contribution in [2.24, 2.45) is 0 Å². The molecule has 0 unspecified atom stereocenters. The molecule has 0 bridgehead atoms. The van der Waals surface area contributed by atoms with Gasteiger partial charge in [-0.15, -0.1) is 0 Å². The van der Waals surface area contributed by atoms with Gasteiger partial charge in [-0.2, -0.15) is 0 Å². The lowest BCUT2D eigenvalue weighted by atomic mass is 10.1. The Hall–Kier alpha value is -0.0600. The standard InChI is InChI=1S/C9H16ClNO2S/c1-9(8-14(10,12)13)7-11-5-3-2-4-6-11/h1-8H2. The van der Waals surface area contributed by atoms with Crippen molar-refractivity contribution in [3.63, 3.8) is 0 Å². The molecule has 0 amide bonds. The van der Waals surface area contributed by atoms with Crippen LogP contribution in [0.3, 0.4) is 0 Å². The summed E-state index contributed by atoms with van der Waals surface area (Å²) in [7, 11) is 1.71. The number of likely N-dealkylation sites (tertiary alicyclic amines) is 1. The first-order valence-electron chi connectivity index (χ1n) is 4.79. The van der Waals surface area contributed by atoms with Crippen molar-refractivity contribution in [3.05, 3.63) is 12.2 Å². The minimum absolute atomic E-state index is 0.106. The molecule has 3 nitrogen and oxygen atoms in total. The van der Waals surface area contributed by atoms with Crippen molar-refractivity contribution < 1.29 is 8.42 Å². The van der Waals surface area contributed by atoms with Crippen LogP contribution in [0.15, 0.2) is 12.2 Å². The van der Waals surface area contributed by atoms with E-state index < -0.39 is 9.05 Å². The molecule has 1 aliphatic heterocycles. The molecule has 0 aromatic carbocycles. The lowest BCUT2D eigenvalue weighted by Crippen LogP contribution is -2.32. The minimum atomic E-state index is -3.43. The number of hydrogen-bond donors (Lipinski definition) is 0. The van der Waals surface area contributed by atoms with Gasteiger partial charge in [-0.1, -0.05) is 13.0 Å². The van der Waals surface area contributed by atoms with Crippen LogP contribution in [0.2, 0.25) is 0 Å². The molecule has 82 valence electrons. The Morgan fingerprint density at radius 3 is 2.36 bits per heavy atom. The molecule has 0 spiro atoms. The summed E-state index contributed by atoms with van der Waals surface area (Å²) in [6, 6.07) is 0. The van der Waals surface area contributed by atoms with E-state index in [4.69, 9.17) is 10.7 Å². The van der Waals surface area contributed by atoms with Crippen LogP contribution >= 0.6 is 10.7 Å². The Morgan fingerprint density at radius 2 is 1.86 bits per heavy atom. The SMILES string of the molecule is C=C(CN1CCCCC1)CS(=O)(=O)Cl. The second kappa shape index (κ2) is 5.14. The van der Waals surface area contributed by atoms with E-state index in [1.54, 1.807) is 0 Å². The number of hydrogen-bond acceptors (Lipinski definition) is 3. The van der Waals surface area contributed by atoms with Crippen LogP contribution in [0.1, 0.15) is 19.3 Å². The topological polar surface area (TPSA) is 37.4 Å². The summed E-state index contributed by atoms with van der Waals surface area (Å²) in [4.78, 5) is 2.23. The maximum atomic E-state index is 10.8. The fourth-order valence-corrected chi connectivity index (χ4v) is 2.77. The van der Waals surface area contributed by atoms with Crippen molar-refractivity contribution in [2.45, 2.75) is 19.3 Å². The Labute approximate surface area is 90.2 Å². The minimum Gasteiger partial charge on any atom is -0.299 e. The average Bonchev–Trinajstić information content (AvgIpc) is 2.02. The molecule has 0 N–H and O–H groups in total. The van der Waals surface area contributed by atoms with Gasteiger partial charge in [0.05, 0.1) is 5.75 Å². The molecular formula is C9H16ClNO2S. The molecule has 1 saturated heterocycles. The largest absolute Gasteiger partial charge is 0.299 e. The van der Waals surface area contributed by atoms with Crippen molar-refractivity contribution in [3.8, 4) is 0 Å². The Morgan fingerprint density at radius 1 is 1.29 bits per heavy atom. The predicted molar refractivity (Wildman–Crippen MR) is 59.1 cm³/mol. The average molecular weight is 238 g/mol. The normalized spacial score (nSPS) is 19.5. The van der Waals surface area contributed by atoms with Crippen LogP contribution in [0.5, 0.6) is 0 Å². The highest BCUT2D eigenvalue weighted by molar-refractivity contribution is 8.13. The zero-order valence-corrected chi connectivity index (χ0v) is 9.78. The zero-order valence-electron chi connectivity index (χ0n) is 8.21. The molecule has 14 heavy (non-hydrogen) atoms. The molecule has 1 rings (SSSR count). The molecule has 0 radical (unpaired) electrons. The van der Waals surface area contributed by atoms with Gasteiger partial charge in [0.2, 0.25) is 9.05 Å². The fourth-order valence-electron chi connectivity index (χ4n) is 1.72. The molecule has 5 heteroatoms. The highest BCUT2D eigenvalue weighted by Gasteiger charge is 2.14. The Balaban J connectivity index is 2.32. The summed E-state index contributed by atoms with van der Waals surface area (Å²) < 4.78 is 21.5. The van der Waals surface area contributed by atoms with Gasteiger partial charge < -0.3 is 0 Å². The maximum absolute atomic E-state index is 10.8. The maximum Gasteiger partial charge on any atom is 0.236 e. The van der Waals surface area contributed by atoms with E-state index >= 15 is 0 Å². The highest BCUT2D eigenvalue weighted by Crippen LogP contribution is 2.11. The van der Waals surface area contributed by atoms with Crippen LogP contribution in [-0.4, -0.2) is 38.7 Å². The zero-order chi connectivity index (χ0) is 10.6.